The summed E-state index contributed by atoms with van der Waals surface area (Å²) in [5.74, 6) is -0.740. The van der Waals surface area contributed by atoms with Crippen molar-refractivity contribution in [1.82, 2.24) is 4.98 Å². The molecule has 5 nitrogen and oxygen atoms in total. The van der Waals surface area contributed by atoms with Crippen molar-refractivity contribution in [3.05, 3.63) is 22.3 Å². The van der Waals surface area contributed by atoms with E-state index >= 15 is 0 Å². The van der Waals surface area contributed by atoms with Crippen molar-refractivity contribution in [3.8, 4) is 0 Å². The first-order valence-corrected chi connectivity index (χ1v) is 5.80. The summed E-state index contributed by atoms with van der Waals surface area (Å²) in [6, 6.07) is 3.15. The summed E-state index contributed by atoms with van der Waals surface area (Å²) in [5.41, 5.74) is 0.227. The minimum Gasteiger partial charge on any atom is -0.465 e. The zero-order valence-electron chi connectivity index (χ0n) is 9.78. The Bertz CT molecular complexity index is 446. The van der Waals surface area contributed by atoms with Gasteiger partial charge in [0.2, 0.25) is 5.91 Å². The van der Waals surface area contributed by atoms with E-state index in [0.29, 0.717) is 4.60 Å². The zero-order chi connectivity index (χ0) is 13.0. The second-order valence-electron chi connectivity index (χ2n) is 3.67. The summed E-state index contributed by atoms with van der Waals surface area (Å²) in [7, 11) is 1.28. The van der Waals surface area contributed by atoms with Crippen LogP contribution in [0.3, 0.4) is 0 Å². The average molecular weight is 301 g/mol. The van der Waals surface area contributed by atoms with E-state index in [1.165, 1.54) is 7.11 Å². The lowest BCUT2D eigenvalue weighted by Gasteiger charge is -2.10. The standard InChI is InChI=1S/C11H13BrN2O3/c1-6(2)10(15)14-9-7(11(16)17-3)4-5-8(12)13-9/h4-6H,1-3H3,(H,13,14,15). The molecule has 92 valence electrons. The van der Waals surface area contributed by atoms with Gasteiger partial charge in [-0.2, -0.15) is 0 Å². The molecular formula is C11H13BrN2O3. The van der Waals surface area contributed by atoms with Crippen molar-refractivity contribution in [2.75, 3.05) is 12.4 Å². The predicted octanol–water partition coefficient (Wildman–Crippen LogP) is 2.23. The molecule has 1 aromatic rings. The van der Waals surface area contributed by atoms with Gasteiger partial charge in [0.05, 0.1) is 7.11 Å². The van der Waals surface area contributed by atoms with Gasteiger partial charge in [-0.15, -0.1) is 0 Å². The summed E-state index contributed by atoms with van der Waals surface area (Å²) in [4.78, 5) is 27.1. The lowest BCUT2D eigenvalue weighted by molar-refractivity contribution is -0.118. The maximum Gasteiger partial charge on any atom is 0.341 e. The van der Waals surface area contributed by atoms with Gasteiger partial charge in [-0.3, -0.25) is 4.79 Å². The van der Waals surface area contributed by atoms with E-state index in [2.05, 4.69) is 31.0 Å². The molecule has 1 amide bonds. The monoisotopic (exact) mass is 300 g/mol. The molecule has 1 N–H and O–H groups in total. The largest absolute Gasteiger partial charge is 0.465 e. The summed E-state index contributed by atoms with van der Waals surface area (Å²) < 4.78 is 5.14. The van der Waals surface area contributed by atoms with E-state index in [4.69, 9.17) is 0 Å². The van der Waals surface area contributed by atoms with Gasteiger partial charge >= 0.3 is 5.97 Å². The van der Waals surface area contributed by atoms with Crippen LogP contribution >= 0.6 is 15.9 Å². The van der Waals surface area contributed by atoms with E-state index in [1.54, 1.807) is 26.0 Å². The number of hydrogen-bond acceptors (Lipinski definition) is 4. The number of aromatic nitrogens is 1. The fourth-order valence-electron chi connectivity index (χ4n) is 1.07. The van der Waals surface area contributed by atoms with Crippen LogP contribution in [0.2, 0.25) is 0 Å². The highest BCUT2D eigenvalue weighted by molar-refractivity contribution is 9.10. The van der Waals surface area contributed by atoms with E-state index in [0.717, 1.165) is 0 Å². The topological polar surface area (TPSA) is 68.3 Å². The number of carbonyl (C=O) groups excluding carboxylic acids is 2. The van der Waals surface area contributed by atoms with Gasteiger partial charge in [0, 0.05) is 5.92 Å². The summed E-state index contributed by atoms with van der Waals surface area (Å²) >= 11 is 3.18. The van der Waals surface area contributed by atoms with Crippen LogP contribution in [0.25, 0.3) is 0 Å². The predicted molar refractivity (Wildman–Crippen MR) is 66.7 cm³/mol. The Morgan fingerprint density at radius 3 is 2.59 bits per heavy atom. The first-order chi connectivity index (χ1) is 7.95. The number of hydrogen-bond donors (Lipinski definition) is 1. The van der Waals surface area contributed by atoms with Gasteiger partial charge in [0.15, 0.2) is 0 Å². The highest BCUT2D eigenvalue weighted by Gasteiger charge is 2.17. The molecule has 0 aliphatic rings. The van der Waals surface area contributed by atoms with Crippen molar-refractivity contribution in [2.45, 2.75) is 13.8 Å². The van der Waals surface area contributed by atoms with Gasteiger partial charge in [-0.05, 0) is 28.1 Å². The number of methoxy groups -OCH3 is 1. The molecule has 0 aromatic carbocycles. The number of esters is 1. The van der Waals surface area contributed by atoms with Gasteiger partial charge in [0.25, 0.3) is 0 Å². The van der Waals surface area contributed by atoms with Crippen LogP contribution in [-0.2, 0) is 9.53 Å². The van der Waals surface area contributed by atoms with E-state index in [-0.39, 0.29) is 23.2 Å². The van der Waals surface area contributed by atoms with Gasteiger partial charge in [-0.25, -0.2) is 9.78 Å². The number of ether oxygens (including phenoxy) is 1. The van der Waals surface area contributed by atoms with Crippen LogP contribution in [0.1, 0.15) is 24.2 Å². The van der Waals surface area contributed by atoms with Crippen LogP contribution in [0.4, 0.5) is 5.82 Å². The molecule has 0 saturated heterocycles. The number of halogens is 1. The lowest BCUT2D eigenvalue weighted by atomic mass is 10.2. The van der Waals surface area contributed by atoms with Gasteiger partial charge < -0.3 is 10.1 Å². The number of pyridine rings is 1. The second-order valence-corrected chi connectivity index (χ2v) is 4.48. The Kier molecular flexibility index (Phi) is 4.62. The van der Waals surface area contributed by atoms with Crippen molar-refractivity contribution in [3.63, 3.8) is 0 Å². The first kappa shape index (κ1) is 13.6. The SMILES string of the molecule is COC(=O)c1ccc(Br)nc1NC(=O)C(C)C. The van der Waals surface area contributed by atoms with Crippen molar-refractivity contribution in [1.29, 1.82) is 0 Å². The van der Waals surface area contributed by atoms with Crippen molar-refractivity contribution >= 4 is 33.6 Å². The number of carbonyl (C=O) groups is 2. The molecule has 0 saturated carbocycles. The van der Waals surface area contributed by atoms with Gasteiger partial charge in [0.1, 0.15) is 16.0 Å². The Labute approximate surface area is 108 Å². The van der Waals surface area contributed by atoms with Crippen molar-refractivity contribution < 1.29 is 14.3 Å². The van der Waals surface area contributed by atoms with Crippen LogP contribution in [0, 0.1) is 5.92 Å². The fraction of sp³-hybridized carbons (Fsp3) is 0.364. The summed E-state index contributed by atoms with van der Waals surface area (Å²) in [5, 5.41) is 2.59. The Morgan fingerprint density at radius 1 is 1.41 bits per heavy atom. The molecule has 1 aromatic heterocycles. The number of amides is 1. The molecule has 6 heteroatoms. The number of nitrogens with zero attached hydrogens (tertiary/aromatic N) is 1. The molecule has 0 spiro atoms. The molecule has 17 heavy (non-hydrogen) atoms. The first-order valence-electron chi connectivity index (χ1n) is 5.01. The maximum absolute atomic E-state index is 11.6. The van der Waals surface area contributed by atoms with Crippen molar-refractivity contribution in [2.24, 2.45) is 5.92 Å². The summed E-state index contributed by atoms with van der Waals surface area (Å²) in [6.45, 7) is 3.51. The normalized spacial score (nSPS) is 10.2. The molecule has 0 aliphatic carbocycles. The fourth-order valence-corrected chi connectivity index (χ4v) is 1.38. The Morgan fingerprint density at radius 2 is 2.06 bits per heavy atom. The zero-order valence-corrected chi connectivity index (χ0v) is 11.4. The van der Waals surface area contributed by atoms with Crippen LogP contribution < -0.4 is 5.32 Å². The van der Waals surface area contributed by atoms with Crippen LogP contribution in [-0.4, -0.2) is 24.0 Å². The third-order valence-corrected chi connectivity index (χ3v) is 2.47. The highest BCUT2D eigenvalue weighted by atomic mass is 79.9. The minimum atomic E-state index is -0.538. The molecule has 0 fully saturated rings. The van der Waals surface area contributed by atoms with E-state index < -0.39 is 5.97 Å². The quantitative estimate of drug-likeness (QED) is 0.686. The molecule has 0 aliphatic heterocycles. The second kappa shape index (κ2) is 5.77. The third kappa shape index (κ3) is 3.52. The number of anilines is 1. The molecule has 0 radical (unpaired) electrons. The molecule has 1 heterocycles. The Hall–Kier alpha value is -1.43. The van der Waals surface area contributed by atoms with E-state index in [9.17, 15) is 9.59 Å². The molecule has 1 rings (SSSR count). The average Bonchev–Trinajstić information content (AvgIpc) is 2.28. The van der Waals surface area contributed by atoms with Gasteiger partial charge in [-0.1, -0.05) is 13.8 Å². The maximum atomic E-state index is 11.6. The third-order valence-electron chi connectivity index (χ3n) is 2.03. The number of rotatable bonds is 3. The smallest absolute Gasteiger partial charge is 0.341 e. The molecule has 0 unspecified atom stereocenters. The molecule has 0 atom stereocenters. The highest BCUT2D eigenvalue weighted by Crippen LogP contribution is 2.18. The van der Waals surface area contributed by atoms with Crippen LogP contribution in [0.15, 0.2) is 16.7 Å². The molecular weight excluding hydrogens is 288 g/mol. The number of nitrogens with one attached hydrogen (secondary N) is 1. The lowest BCUT2D eigenvalue weighted by Crippen LogP contribution is -2.21. The van der Waals surface area contributed by atoms with Crippen LogP contribution in [0.5, 0.6) is 0 Å². The minimum absolute atomic E-state index is 0.193. The molecule has 0 bridgehead atoms. The Balaban J connectivity index is 3.07. The van der Waals surface area contributed by atoms with E-state index in [1.807, 2.05) is 0 Å². The summed E-state index contributed by atoms with van der Waals surface area (Å²) in [6.07, 6.45) is 0.